The quantitative estimate of drug-likeness (QED) is 0.693. The van der Waals surface area contributed by atoms with Crippen molar-refractivity contribution in [3.63, 3.8) is 0 Å². The second kappa shape index (κ2) is 6.35. The summed E-state index contributed by atoms with van der Waals surface area (Å²) in [5.74, 6) is -0.260. The predicted octanol–water partition coefficient (Wildman–Crippen LogP) is 6.22. The molecular formula is C19H18FN3S2. The van der Waals surface area contributed by atoms with Crippen molar-refractivity contribution in [1.82, 2.24) is 9.88 Å². The van der Waals surface area contributed by atoms with Crippen LogP contribution in [0, 0.1) is 12.7 Å². The van der Waals surface area contributed by atoms with E-state index in [4.69, 9.17) is 4.98 Å². The highest BCUT2D eigenvalue weighted by Crippen LogP contribution is 2.45. The number of thioether (sulfide) groups is 1. The van der Waals surface area contributed by atoms with Gasteiger partial charge in [0, 0.05) is 11.6 Å². The average Bonchev–Trinajstić information content (AvgIpc) is 3.20. The molecule has 1 aromatic carbocycles. The van der Waals surface area contributed by atoms with Gasteiger partial charge in [-0.2, -0.15) is 0 Å². The zero-order chi connectivity index (χ0) is 17.6. The molecule has 3 nitrogen and oxygen atoms in total. The smallest absolute Gasteiger partial charge is 0.187 e. The highest BCUT2D eigenvalue weighted by Gasteiger charge is 2.27. The maximum absolute atomic E-state index is 14.1. The zero-order valence-electron chi connectivity index (χ0n) is 14.3. The minimum absolute atomic E-state index is 0.260. The second-order valence-electron chi connectivity index (χ2n) is 6.31. The number of nitrogens with zero attached hydrogens (tertiary/aromatic N) is 2. The van der Waals surface area contributed by atoms with Gasteiger partial charge in [-0.05, 0) is 61.4 Å². The fourth-order valence-electron chi connectivity index (χ4n) is 3.14. The van der Waals surface area contributed by atoms with E-state index in [0.717, 1.165) is 23.4 Å². The molecule has 0 aliphatic carbocycles. The number of hydrogen-bond acceptors (Lipinski definition) is 5. The van der Waals surface area contributed by atoms with Gasteiger partial charge in [0.15, 0.2) is 5.13 Å². The van der Waals surface area contributed by atoms with Crippen molar-refractivity contribution in [3.8, 4) is 0 Å². The largest absolute Gasteiger partial charge is 0.329 e. The number of allylic oxidation sites excluding steroid dienone is 2. The van der Waals surface area contributed by atoms with E-state index in [1.807, 2.05) is 18.4 Å². The van der Waals surface area contributed by atoms with Crippen LogP contribution in [-0.2, 0) is 0 Å². The van der Waals surface area contributed by atoms with Crippen molar-refractivity contribution in [2.75, 3.05) is 5.32 Å². The molecule has 2 aliphatic heterocycles. The van der Waals surface area contributed by atoms with Crippen LogP contribution in [0.15, 0.2) is 51.4 Å². The van der Waals surface area contributed by atoms with Crippen molar-refractivity contribution in [2.24, 2.45) is 0 Å². The van der Waals surface area contributed by atoms with Crippen LogP contribution in [0.5, 0.6) is 0 Å². The lowest BCUT2D eigenvalue weighted by molar-refractivity contribution is 0.630. The van der Waals surface area contributed by atoms with Gasteiger partial charge in [-0.3, -0.25) is 0 Å². The summed E-state index contributed by atoms with van der Waals surface area (Å²) in [6.45, 7) is 6.21. The van der Waals surface area contributed by atoms with Gasteiger partial charge in [0.2, 0.25) is 0 Å². The Kier molecular flexibility index (Phi) is 4.17. The molecule has 128 valence electrons. The fraction of sp³-hybridized carbons (Fsp3) is 0.211. The van der Waals surface area contributed by atoms with Crippen LogP contribution < -0.4 is 5.32 Å². The molecule has 0 bridgehead atoms. The standard InChI is InChI=1S/C19H18FN3S2/c1-11-4-5-15(14(20)8-11)21-19-22-16(10-25-19)17-12(2)9-13(3)18-23(17)6-7-24-18/h4-8,10H,9H2,1-3H3,(H,21,22). The third-order valence-electron chi connectivity index (χ3n) is 4.26. The Bertz CT molecular complexity index is 940. The Labute approximate surface area is 155 Å². The summed E-state index contributed by atoms with van der Waals surface area (Å²) in [4.78, 5) is 6.92. The summed E-state index contributed by atoms with van der Waals surface area (Å²) in [7, 11) is 0. The third kappa shape index (κ3) is 3.00. The van der Waals surface area contributed by atoms with E-state index in [0.29, 0.717) is 10.8 Å². The Morgan fingerprint density at radius 2 is 2.04 bits per heavy atom. The van der Waals surface area contributed by atoms with Crippen molar-refractivity contribution in [2.45, 2.75) is 27.2 Å². The molecule has 0 unspecified atom stereocenters. The van der Waals surface area contributed by atoms with Gasteiger partial charge in [-0.15, -0.1) is 11.3 Å². The maximum atomic E-state index is 14.1. The first-order chi connectivity index (χ1) is 12.0. The molecule has 0 saturated heterocycles. The van der Waals surface area contributed by atoms with E-state index >= 15 is 0 Å². The Morgan fingerprint density at radius 1 is 1.20 bits per heavy atom. The topological polar surface area (TPSA) is 28.2 Å². The Hall–Kier alpha value is -2.05. The van der Waals surface area contributed by atoms with Crippen LogP contribution in [0.25, 0.3) is 5.70 Å². The van der Waals surface area contributed by atoms with Crippen molar-refractivity contribution < 1.29 is 4.39 Å². The monoisotopic (exact) mass is 371 g/mol. The van der Waals surface area contributed by atoms with Gasteiger partial charge in [-0.25, -0.2) is 9.37 Å². The molecule has 3 heterocycles. The Balaban J connectivity index is 1.63. The fourth-order valence-corrected chi connectivity index (χ4v) is 4.70. The van der Waals surface area contributed by atoms with E-state index in [1.165, 1.54) is 33.6 Å². The lowest BCUT2D eigenvalue weighted by Gasteiger charge is -2.28. The number of halogens is 1. The van der Waals surface area contributed by atoms with Crippen LogP contribution >= 0.6 is 23.1 Å². The van der Waals surface area contributed by atoms with E-state index in [1.54, 1.807) is 17.8 Å². The third-order valence-corrected chi connectivity index (χ3v) is 6.05. The summed E-state index contributed by atoms with van der Waals surface area (Å²) < 4.78 is 14.1. The number of aromatic nitrogens is 1. The van der Waals surface area contributed by atoms with Crippen molar-refractivity contribution in [3.05, 3.63) is 68.4 Å². The number of nitrogens with one attached hydrogen (secondary N) is 1. The number of anilines is 2. The summed E-state index contributed by atoms with van der Waals surface area (Å²) in [6.07, 6.45) is 3.05. The molecule has 2 aliphatic rings. The Morgan fingerprint density at radius 3 is 2.84 bits per heavy atom. The number of benzene rings is 1. The number of aryl methyl sites for hydroxylation is 1. The average molecular weight is 372 g/mol. The van der Waals surface area contributed by atoms with Crippen LogP contribution in [0.2, 0.25) is 0 Å². The number of fused-ring (bicyclic) bond motifs is 1. The molecule has 0 fully saturated rings. The SMILES string of the molecule is CC1=C2SC=CN2C(c2csc(Nc3ccc(C)cc3F)n2)=C(C)C1. The first-order valence-electron chi connectivity index (χ1n) is 8.04. The number of rotatable bonds is 3. The lowest BCUT2D eigenvalue weighted by atomic mass is 10.0. The molecule has 2 aromatic rings. The molecule has 1 aromatic heterocycles. The van der Waals surface area contributed by atoms with Crippen LogP contribution in [0.4, 0.5) is 15.2 Å². The van der Waals surface area contributed by atoms with Crippen molar-refractivity contribution in [1.29, 1.82) is 0 Å². The predicted molar refractivity (Wildman–Crippen MR) is 105 cm³/mol. The molecule has 4 rings (SSSR count). The molecule has 0 amide bonds. The van der Waals surface area contributed by atoms with Gasteiger partial charge < -0.3 is 10.2 Å². The van der Waals surface area contributed by atoms with Crippen molar-refractivity contribution >= 4 is 39.6 Å². The van der Waals surface area contributed by atoms with Crippen LogP contribution in [0.3, 0.4) is 0 Å². The van der Waals surface area contributed by atoms with Gasteiger partial charge in [0.05, 0.1) is 16.4 Å². The molecule has 0 spiro atoms. The summed E-state index contributed by atoms with van der Waals surface area (Å²) in [6, 6.07) is 5.16. The van der Waals surface area contributed by atoms with Gasteiger partial charge in [0.1, 0.15) is 11.5 Å². The lowest BCUT2D eigenvalue weighted by Crippen LogP contribution is -2.17. The number of hydrogen-bond donors (Lipinski definition) is 1. The van der Waals surface area contributed by atoms with Crippen LogP contribution in [0.1, 0.15) is 31.5 Å². The van der Waals surface area contributed by atoms with Gasteiger partial charge >= 0.3 is 0 Å². The molecule has 1 N–H and O–H groups in total. The first-order valence-corrected chi connectivity index (χ1v) is 9.80. The normalized spacial score (nSPS) is 16.7. The summed E-state index contributed by atoms with van der Waals surface area (Å²) in [5.41, 5.74) is 6.09. The number of thiazole rings is 1. The molecule has 0 saturated carbocycles. The van der Waals surface area contributed by atoms with E-state index < -0.39 is 0 Å². The first kappa shape index (κ1) is 16.4. The molecule has 0 radical (unpaired) electrons. The zero-order valence-corrected chi connectivity index (χ0v) is 15.9. The molecule has 25 heavy (non-hydrogen) atoms. The van der Waals surface area contributed by atoms with E-state index in [-0.39, 0.29) is 5.82 Å². The molecular weight excluding hydrogens is 353 g/mol. The molecule has 6 heteroatoms. The van der Waals surface area contributed by atoms with Gasteiger partial charge in [0.25, 0.3) is 0 Å². The highest BCUT2D eigenvalue weighted by molar-refractivity contribution is 8.06. The maximum Gasteiger partial charge on any atom is 0.187 e. The van der Waals surface area contributed by atoms with E-state index in [9.17, 15) is 4.39 Å². The summed E-state index contributed by atoms with van der Waals surface area (Å²) in [5, 5.41) is 9.20. The van der Waals surface area contributed by atoms with Gasteiger partial charge in [-0.1, -0.05) is 17.8 Å². The van der Waals surface area contributed by atoms with Crippen LogP contribution in [-0.4, -0.2) is 9.88 Å². The van der Waals surface area contributed by atoms with E-state index in [2.05, 4.69) is 35.7 Å². The summed E-state index contributed by atoms with van der Waals surface area (Å²) >= 11 is 3.24. The molecule has 0 atom stereocenters. The minimum Gasteiger partial charge on any atom is -0.329 e. The minimum atomic E-state index is -0.260. The highest BCUT2D eigenvalue weighted by atomic mass is 32.2. The second-order valence-corrected chi connectivity index (χ2v) is 8.06.